The van der Waals surface area contributed by atoms with E-state index in [0.717, 1.165) is 50.9 Å². The van der Waals surface area contributed by atoms with Gasteiger partial charge in [-0.05, 0) is 83.0 Å². The molecule has 0 spiro atoms. The van der Waals surface area contributed by atoms with Crippen molar-refractivity contribution in [3.8, 4) is 33.6 Å². The van der Waals surface area contributed by atoms with Crippen molar-refractivity contribution in [1.82, 2.24) is 9.97 Å². The average molecular weight is 497 g/mol. The Labute approximate surface area is 223 Å². The molecule has 0 amide bonds. The Hall–Kier alpha value is -4.37. The number of nitrogens with one attached hydrogen (secondary N) is 2. The predicted octanol–water partition coefficient (Wildman–Crippen LogP) is 9.54. The topological polar surface area (TPSA) is 48.6 Å². The first kappa shape index (κ1) is 24.0. The largest absolute Gasteiger partial charge is 0.353 e. The highest BCUT2D eigenvalue weighted by Crippen LogP contribution is 2.38. The van der Waals surface area contributed by atoms with Gasteiger partial charge in [0.25, 0.3) is 0 Å². The molecule has 3 nitrogen and oxygen atoms in total. The van der Waals surface area contributed by atoms with Crippen molar-refractivity contribution in [2.45, 2.75) is 40.0 Å². The zero-order chi connectivity index (χ0) is 26.4. The number of carbonyl (C=O) groups excluding carboxylic acids is 1. The molecule has 188 valence electrons. The zero-order valence-electron chi connectivity index (χ0n) is 22.4. The number of carbonyl (C=O) groups is 1. The number of Topliss-reactive ketones (excluding diaryl/α,β-unsaturated/α-hetero) is 1. The second-order valence-corrected chi connectivity index (χ2v) is 10.5. The van der Waals surface area contributed by atoms with Crippen molar-refractivity contribution < 1.29 is 4.79 Å². The third-order valence-corrected chi connectivity index (χ3v) is 7.63. The molecule has 0 saturated carbocycles. The van der Waals surface area contributed by atoms with Gasteiger partial charge in [0.1, 0.15) is 0 Å². The Bertz CT molecular complexity index is 1820. The molecule has 0 saturated heterocycles. The van der Waals surface area contributed by atoms with Gasteiger partial charge in [0, 0.05) is 27.4 Å². The summed E-state index contributed by atoms with van der Waals surface area (Å²) < 4.78 is 0. The summed E-state index contributed by atoms with van der Waals surface area (Å²) in [5, 5.41) is 2.36. The number of hydrogen-bond acceptors (Lipinski definition) is 1. The Kier molecular flexibility index (Phi) is 6.00. The number of hydrogen-bond donors (Lipinski definition) is 2. The number of H-pyrrole nitrogens is 2. The van der Waals surface area contributed by atoms with Gasteiger partial charge in [-0.25, -0.2) is 0 Å². The van der Waals surface area contributed by atoms with Gasteiger partial charge in [0.05, 0.1) is 11.4 Å². The molecule has 2 N–H and O–H groups in total. The molecule has 0 aliphatic carbocycles. The van der Waals surface area contributed by atoms with Crippen LogP contribution in [0.15, 0.2) is 91.0 Å². The fourth-order valence-electron chi connectivity index (χ4n) is 5.55. The van der Waals surface area contributed by atoms with E-state index >= 15 is 0 Å². The van der Waals surface area contributed by atoms with E-state index in [4.69, 9.17) is 0 Å². The van der Waals surface area contributed by atoms with Crippen LogP contribution in [0.2, 0.25) is 0 Å². The van der Waals surface area contributed by atoms with Crippen LogP contribution in [0.5, 0.6) is 0 Å². The fraction of sp³-hybridized carbons (Fsp3) is 0.171. The van der Waals surface area contributed by atoms with Crippen LogP contribution in [0.3, 0.4) is 0 Å². The van der Waals surface area contributed by atoms with E-state index in [2.05, 4.69) is 104 Å². The van der Waals surface area contributed by atoms with Crippen LogP contribution in [0.25, 0.3) is 55.4 Å². The Morgan fingerprint density at radius 1 is 0.711 bits per heavy atom. The molecule has 0 aliphatic rings. The third kappa shape index (κ3) is 4.14. The summed E-state index contributed by atoms with van der Waals surface area (Å²) in [5.41, 5.74) is 12.5. The van der Waals surface area contributed by atoms with Gasteiger partial charge in [-0.15, -0.1) is 0 Å². The van der Waals surface area contributed by atoms with Crippen molar-refractivity contribution in [3.05, 3.63) is 108 Å². The average Bonchev–Trinajstić information content (AvgIpc) is 3.57. The minimum absolute atomic E-state index is 0.0765. The van der Waals surface area contributed by atoms with Gasteiger partial charge in [0.2, 0.25) is 0 Å². The molecule has 0 radical (unpaired) electrons. The molecule has 4 aromatic carbocycles. The first-order valence-electron chi connectivity index (χ1n) is 13.4. The van der Waals surface area contributed by atoms with Crippen LogP contribution in [-0.4, -0.2) is 15.8 Å². The Balaban J connectivity index is 1.48. The first-order chi connectivity index (χ1) is 18.4. The molecule has 0 fully saturated rings. The van der Waals surface area contributed by atoms with Gasteiger partial charge in [-0.2, -0.15) is 0 Å². The molecular formula is C35H32N2O. The summed E-state index contributed by atoms with van der Waals surface area (Å²) in [6.07, 6.45) is 1.04. The van der Waals surface area contributed by atoms with Crippen LogP contribution in [0.4, 0.5) is 0 Å². The SMILES string of the molecule is CCc1ccc(-c2cccc3[nH]c(-c4cc5c(-c6cccc(C(C)=O)c6)cccc5[nH]4)cc23)c(C(C)C)c1. The van der Waals surface area contributed by atoms with Gasteiger partial charge in [-0.1, -0.05) is 81.4 Å². The summed E-state index contributed by atoms with van der Waals surface area (Å²) in [6, 6.07) is 32.1. The fourth-order valence-corrected chi connectivity index (χ4v) is 5.55. The number of aryl methyl sites for hydroxylation is 1. The molecular weight excluding hydrogens is 464 g/mol. The standard InChI is InChI=1S/C35H32N2O/c1-5-23-15-16-28(29(17-23)21(2)3)27-12-8-14-33-31(27)20-35(37-33)34-19-30-26(11-7-13-32(30)36-34)25-10-6-9-24(18-25)22(4)38/h6-21,36-37H,5H2,1-4H3. The molecule has 38 heavy (non-hydrogen) atoms. The predicted molar refractivity (Wildman–Crippen MR) is 160 cm³/mol. The number of aromatic nitrogens is 2. The third-order valence-electron chi connectivity index (χ3n) is 7.63. The monoisotopic (exact) mass is 496 g/mol. The highest BCUT2D eigenvalue weighted by Gasteiger charge is 2.16. The second-order valence-electron chi connectivity index (χ2n) is 10.5. The van der Waals surface area contributed by atoms with Gasteiger partial charge < -0.3 is 9.97 Å². The lowest BCUT2D eigenvalue weighted by atomic mass is 9.89. The normalized spacial score (nSPS) is 11.6. The highest BCUT2D eigenvalue weighted by atomic mass is 16.1. The highest BCUT2D eigenvalue weighted by molar-refractivity contribution is 6.02. The van der Waals surface area contributed by atoms with E-state index in [-0.39, 0.29) is 5.78 Å². The van der Waals surface area contributed by atoms with E-state index in [1.165, 1.54) is 27.6 Å². The number of fused-ring (bicyclic) bond motifs is 2. The van der Waals surface area contributed by atoms with Crippen molar-refractivity contribution in [1.29, 1.82) is 0 Å². The van der Waals surface area contributed by atoms with Gasteiger partial charge in [0.15, 0.2) is 5.78 Å². The number of aromatic amines is 2. The van der Waals surface area contributed by atoms with Crippen molar-refractivity contribution in [3.63, 3.8) is 0 Å². The first-order valence-corrected chi connectivity index (χ1v) is 13.4. The molecule has 0 bridgehead atoms. The Morgan fingerprint density at radius 3 is 1.97 bits per heavy atom. The van der Waals surface area contributed by atoms with Crippen LogP contribution < -0.4 is 0 Å². The quantitative estimate of drug-likeness (QED) is 0.222. The maximum absolute atomic E-state index is 12.0. The van der Waals surface area contributed by atoms with Gasteiger partial charge >= 0.3 is 0 Å². The smallest absolute Gasteiger partial charge is 0.159 e. The molecule has 0 atom stereocenters. The number of ketones is 1. The van der Waals surface area contributed by atoms with Crippen LogP contribution >= 0.6 is 0 Å². The molecule has 2 heterocycles. The van der Waals surface area contributed by atoms with Crippen molar-refractivity contribution >= 4 is 27.6 Å². The second kappa shape index (κ2) is 9.50. The minimum Gasteiger partial charge on any atom is -0.353 e. The maximum atomic E-state index is 12.0. The lowest BCUT2D eigenvalue weighted by Gasteiger charge is -2.15. The van der Waals surface area contributed by atoms with E-state index in [0.29, 0.717) is 5.92 Å². The van der Waals surface area contributed by atoms with Crippen LogP contribution in [0, 0.1) is 0 Å². The summed E-state index contributed by atoms with van der Waals surface area (Å²) in [4.78, 5) is 19.3. The molecule has 3 heteroatoms. The molecule has 6 rings (SSSR count). The molecule has 0 aliphatic heterocycles. The molecule has 2 aromatic heterocycles. The van der Waals surface area contributed by atoms with Crippen LogP contribution in [-0.2, 0) is 6.42 Å². The molecule has 0 unspecified atom stereocenters. The summed E-state index contributed by atoms with van der Waals surface area (Å²) in [7, 11) is 0. The summed E-state index contributed by atoms with van der Waals surface area (Å²) in [5.74, 6) is 0.520. The lowest BCUT2D eigenvalue weighted by Crippen LogP contribution is -1.95. The van der Waals surface area contributed by atoms with Crippen LogP contribution in [0.1, 0.15) is 55.1 Å². The molecule has 6 aromatic rings. The van der Waals surface area contributed by atoms with E-state index in [1.807, 2.05) is 18.2 Å². The zero-order valence-corrected chi connectivity index (χ0v) is 22.4. The summed E-state index contributed by atoms with van der Waals surface area (Å²) >= 11 is 0. The Morgan fingerprint density at radius 2 is 1.34 bits per heavy atom. The number of benzene rings is 4. The van der Waals surface area contributed by atoms with Crippen molar-refractivity contribution in [2.75, 3.05) is 0 Å². The van der Waals surface area contributed by atoms with E-state index in [9.17, 15) is 4.79 Å². The van der Waals surface area contributed by atoms with E-state index in [1.54, 1.807) is 6.92 Å². The lowest BCUT2D eigenvalue weighted by molar-refractivity contribution is 0.101. The number of rotatable bonds is 6. The van der Waals surface area contributed by atoms with Gasteiger partial charge in [-0.3, -0.25) is 4.79 Å². The van der Waals surface area contributed by atoms with E-state index < -0.39 is 0 Å². The van der Waals surface area contributed by atoms with Crippen molar-refractivity contribution in [2.24, 2.45) is 0 Å². The minimum atomic E-state index is 0.0765. The maximum Gasteiger partial charge on any atom is 0.159 e. The summed E-state index contributed by atoms with van der Waals surface area (Å²) in [6.45, 7) is 8.37.